The predicted molar refractivity (Wildman–Crippen MR) is 83.6 cm³/mol. The van der Waals surface area contributed by atoms with E-state index in [1.54, 1.807) is 6.07 Å². The number of carbonyl (C=O) groups excluding carboxylic acids is 1. The highest BCUT2D eigenvalue weighted by Gasteiger charge is 2.09. The Labute approximate surface area is 124 Å². The van der Waals surface area contributed by atoms with E-state index in [1.165, 1.54) is 0 Å². The predicted octanol–water partition coefficient (Wildman–Crippen LogP) is 2.54. The Morgan fingerprint density at radius 1 is 1.05 bits per heavy atom. The van der Waals surface area contributed by atoms with Gasteiger partial charge in [-0.05, 0) is 62.6 Å². The van der Waals surface area contributed by atoms with E-state index < -0.39 is 0 Å². The average Bonchev–Trinajstić information content (AvgIpc) is 2.40. The van der Waals surface area contributed by atoms with Crippen molar-refractivity contribution >= 4 is 5.91 Å². The molecule has 0 aliphatic carbocycles. The molecule has 0 saturated carbocycles. The number of aryl methyl sites for hydroxylation is 4. The fourth-order valence-corrected chi connectivity index (χ4v) is 2.25. The molecule has 2 rings (SSSR count). The molecule has 0 bridgehead atoms. The Hall–Kier alpha value is -2.36. The molecular weight excluding hydrogens is 264 g/mol. The van der Waals surface area contributed by atoms with E-state index in [-0.39, 0.29) is 18.0 Å². The van der Waals surface area contributed by atoms with Gasteiger partial charge in [-0.1, -0.05) is 6.07 Å². The van der Waals surface area contributed by atoms with Gasteiger partial charge in [0.1, 0.15) is 0 Å². The standard InChI is InChI=1S/C17H20N2O2/c1-10-5-6-14(8-11(10)2)16(20)18-9-15-12(3)7-13(4)19-17(15)21/h5-8H,9H2,1-4H3,(H,18,20)(H,19,21). The molecule has 0 unspecified atom stereocenters. The maximum absolute atomic E-state index is 12.1. The van der Waals surface area contributed by atoms with Crippen LogP contribution in [0.15, 0.2) is 29.1 Å². The van der Waals surface area contributed by atoms with Gasteiger partial charge in [-0.25, -0.2) is 0 Å². The Morgan fingerprint density at radius 3 is 2.38 bits per heavy atom. The molecule has 1 aromatic heterocycles. The number of nitrogens with one attached hydrogen (secondary N) is 2. The average molecular weight is 284 g/mol. The summed E-state index contributed by atoms with van der Waals surface area (Å²) >= 11 is 0. The largest absolute Gasteiger partial charge is 0.348 e. The van der Waals surface area contributed by atoms with Crippen molar-refractivity contribution in [2.75, 3.05) is 0 Å². The smallest absolute Gasteiger partial charge is 0.253 e. The van der Waals surface area contributed by atoms with Crippen LogP contribution in [0.25, 0.3) is 0 Å². The lowest BCUT2D eigenvalue weighted by Crippen LogP contribution is -2.28. The summed E-state index contributed by atoms with van der Waals surface area (Å²) in [5.41, 5.74) is 4.99. The van der Waals surface area contributed by atoms with E-state index in [0.717, 1.165) is 22.4 Å². The Kier molecular flexibility index (Phi) is 4.26. The normalized spacial score (nSPS) is 10.5. The zero-order chi connectivity index (χ0) is 15.6. The first-order valence-corrected chi connectivity index (χ1v) is 6.93. The van der Waals surface area contributed by atoms with E-state index >= 15 is 0 Å². The van der Waals surface area contributed by atoms with Gasteiger partial charge >= 0.3 is 0 Å². The van der Waals surface area contributed by atoms with Crippen molar-refractivity contribution < 1.29 is 4.79 Å². The molecule has 4 nitrogen and oxygen atoms in total. The first kappa shape index (κ1) is 15.0. The summed E-state index contributed by atoms with van der Waals surface area (Å²) in [5.74, 6) is -0.169. The zero-order valence-electron chi connectivity index (χ0n) is 12.8. The summed E-state index contributed by atoms with van der Waals surface area (Å²) in [6, 6.07) is 7.48. The van der Waals surface area contributed by atoms with Crippen molar-refractivity contribution in [2.24, 2.45) is 0 Å². The van der Waals surface area contributed by atoms with Gasteiger partial charge in [-0.3, -0.25) is 9.59 Å². The summed E-state index contributed by atoms with van der Waals surface area (Å²) in [7, 11) is 0. The van der Waals surface area contributed by atoms with Crippen LogP contribution in [0.1, 0.15) is 38.3 Å². The summed E-state index contributed by atoms with van der Waals surface area (Å²) in [6.07, 6.45) is 0. The van der Waals surface area contributed by atoms with Crippen LogP contribution in [-0.4, -0.2) is 10.9 Å². The van der Waals surface area contributed by atoms with Gasteiger partial charge in [0.05, 0.1) is 0 Å². The molecule has 2 N–H and O–H groups in total. The van der Waals surface area contributed by atoms with Crippen molar-refractivity contribution in [2.45, 2.75) is 34.2 Å². The number of aromatic nitrogens is 1. The van der Waals surface area contributed by atoms with Gasteiger partial charge in [-0.2, -0.15) is 0 Å². The minimum Gasteiger partial charge on any atom is -0.348 e. The van der Waals surface area contributed by atoms with Gasteiger partial charge < -0.3 is 10.3 Å². The molecule has 0 radical (unpaired) electrons. The molecule has 0 spiro atoms. The van der Waals surface area contributed by atoms with Gasteiger partial charge in [0, 0.05) is 23.4 Å². The lowest BCUT2D eigenvalue weighted by molar-refractivity contribution is 0.0950. The summed E-state index contributed by atoms with van der Waals surface area (Å²) in [4.78, 5) is 26.8. The number of pyridine rings is 1. The number of aromatic amines is 1. The van der Waals surface area contributed by atoms with E-state index in [1.807, 2.05) is 45.9 Å². The third-order valence-electron chi connectivity index (χ3n) is 3.69. The molecule has 21 heavy (non-hydrogen) atoms. The molecular formula is C17H20N2O2. The van der Waals surface area contributed by atoms with E-state index in [9.17, 15) is 9.59 Å². The second kappa shape index (κ2) is 5.95. The molecule has 0 fully saturated rings. The number of H-pyrrole nitrogens is 1. The minimum atomic E-state index is -0.169. The SMILES string of the molecule is Cc1cc(C)c(CNC(=O)c2ccc(C)c(C)c2)c(=O)[nH]1. The van der Waals surface area contributed by atoms with Crippen LogP contribution in [0.4, 0.5) is 0 Å². The molecule has 0 atom stereocenters. The lowest BCUT2D eigenvalue weighted by Gasteiger charge is -2.09. The van der Waals surface area contributed by atoms with Crippen LogP contribution in [-0.2, 0) is 6.54 Å². The fourth-order valence-electron chi connectivity index (χ4n) is 2.25. The Balaban J connectivity index is 2.15. The van der Waals surface area contributed by atoms with Gasteiger partial charge in [0.15, 0.2) is 0 Å². The number of carbonyl (C=O) groups is 1. The summed E-state index contributed by atoms with van der Waals surface area (Å²) < 4.78 is 0. The summed E-state index contributed by atoms with van der Waals surface area (Å²) in [5, 5.41) is 2.80. The highest BCUT2D eigenvalue weighted by atomic mass is 16.1. The third-order valence-corrected chi connectivity index (χ3v) is 3.69. The minimum absolute atomic E-state index is 0.145. The van der Waals surface area contributed by atoms with Crippen molar-refractivity contribution in [1.82, 2.24) is 10.3 Å². The molecule has 1 heterocycles. The van der Waals surface area contributed by atoms with Gasteiger partial charge in [-0.15, -0.1) is 0 Å². The molecule has 0 aliphatic heterocycles. The van der Waals surface area contributed by atoms with E-state index in [0.29, 0.717) is 11.1 Å². The maximum atomic E-state index is 12.1. The lowest BCUT2D eigenvalue weighted by atomic mass is 10.1. The molecule has 1 aromatic carbocycles. The van der Waals surface area contributed by atoms with Crippen LogP contribution in [0.5, 0.6) is 0 Å². The number of hydrogen-bond donors (Lipinski definition) is 2. The number of rotatable bonds is 3. The van der Waals surface area contributed by atoms with E-state index in [2.05, 4.69) is 10.3 Å². The van der Waals surface area contributed by atoms with Gasteiger partial charge in [0.25, 0.3) is 11.5 Å². The number of hydrogen-bond acceptors (Lipinski definition) is 2. The highest BCUT2D eigenvalue weighted by Crippen LogP contribution is 2.10. The first-order chi connectivity index (χ1) is 9.88. The van der Waals surface area contributed by atoms with Crippen LogP contribution >= 0.6 is 0 Å². The van der Waals surface area contributed by atoms with E-state index in [4.69, 9.17) is 0 Å². The van der Waals surface area contributed by atoms with Crippen LogP contribution in [0.2, 0.25) is 0 Å². The number of amides is 1. The molecule has 0 aliphatic rings. The van der Waals surface area contributed by atoms with Gasteiger partial charge in [0.2, 0.25) is 0 Å². The fraction of sp³-hybridized carbons (Fsp3) is 0.294. The van der Waals surface area contributed by atoms with Crippen molar-refractivity contribution in [3.05, 3.63) is 68.1 Å². The monoisotopic (exact) mass is 284 g/mol. The maximum Gasteiger partial charge on any atom is 0.253 e. The molecule has 4 heteroatoms. The summed E-state index contributed by atoms with van der Waals surface area (Å²) in [6.45, 7) is 7.92. The molecule has 1 amide bonds. The zero-order valence-corrected chi connectivity index (χ0v) is 12.8. The topological polar surface area (TPSA) is 62.0 Å². The van der Waals surface area contributed by atoms with Crippen LogP contribution < -0.4 is 10.9 Å². The molecule has 0 saturated heterocycles. The second-order valence-corrected chi connectivity index (χ2v) is 5.42. The van der Waals surface area contributed by atoms with Crippen molar-refractivity contribution in [3.8, 4) is 0 Å². The van der Waals surface area contributed by atoms with Crippen LogP contribution in [0, 0.1) is 27.7 Å². The third kappa shape index (κ3) is 3.40. The van der Waals surface area contributed by atoms with Crippen molar-refractivity contribution in [1.29, 1.82) is 0 Å². The molecule has 110 valence electrons. The number of benzene rings is 1. The van der Waals surface area contributed by atoms with Crippen LogP contribution in [0.3, 0.4) is 0 Å². The first-order valence-electron chi connectivity index (χ1n) is 6.93. The molecule has 2 aromatic rings. The highest BCUT2D eigenvalue weighted by molar-refractivity contribution is 5.94. The quantitative estimate of drug-likeness (QED) is 0.910. The Morgan fingerprint density at radius 2 is 1.76 bits per heavy atom. The van der Waals surface area contributed by atoms with Crippen molar-refractivity contribution in [3.63, 3.8) is 0 Å². The second-order valence-electron chi connectivity index (χ2n) is 5.42. The Bertz CT molecular complexity index is 745.